The number of urea groups is 1. The number of imide groups is 1. The van der Waals surface area contributed by atoms with Crippen molar-refractivity contribution in [2.45, 2.75) is 18.9 Å². The smallest absolute Gasteiger partial charge is 0.318 e. The Morgan fingerprint density at radius 2 is 1.83 bits per heavy atom. The summed E-state index contributed by atoms with van der Waals surface area (Å²) in [5.41, 5.74) is 2.16. The standard InChI is InChI=1S/C17H16N4O3/c1-2-17(13-6-4-3-5-7-13)15(23)21(16(24)19-17)20-14(22)12-8-10-18-11-9-12/h3-11H,2H2,1H3,(H,19,24)(H,20,22). The summed E-state index contributed by atoms with van der Waals surface area (Å²) in [6.45, 7) is 1.80. The minimum absolute atomic E-state index is 0.305. The van der Waals surface area contributed by atoms with E-state index in [2.05, 4.69) is 15.7 Å². The third-order valence-corrected chi connectivity index (χ3v) is 4.04. The van der Waals surface area contributed by atoms with Crippen molar-refractivity contribution in [3.63, 3.8) is 0 Å². The molecule has 0 radical (unpaired) electrons. The second-order valence-electron chi connectivity index (χ2n) is 5.37. The van der Waals surface area contributed by atoms with Crippen LogP contribution < -0.4 is 10.7 Å². The van der Waals surface area contributed by atoms with Gasteiger partial charge in [-0.3, -0.25) is 20.0 Å². The molecule has 1 fully saturated rings. The monoisotopic (exact) mass is 324 g/mol. The summed E-state index contributed by atoms with van der Waals surface area (Å²) in [7, 11) is 0. The van der Waals surface area contributed by atoms with Gasteiger partial charge in [0.1, 0.15) is 5.54 Å². The van der Waals surface area contributed by atoms with E-state index >= 15 is 0 Å². The van der Waals surface area contributed by atoms with Crippen molar-refractivity contribution in [2.75, 3.05) is 0 Å². The largest absolute Gasteiger partial charge is 0.344 e. The number of amides is 4. The lowest BCUT2D eigenvalue weighted by molar-refractivity contribution is -0.133. The highest BCUT2D eigenvalue weighted by Crippen LogP contribution is 2.31. The predicted molar refractivity (Wildman–Crippen MR) is 85.5 cm³/mol. The van der Waals surface area contributed by atoms with Gasteiger partial charge in [0.15, 0.2) is 0 Å². The van der Waals surface area contributed by atoms with Gasteiger partial charge in [-0.15, -0.1) is 0 Å². The van der Waals surface area contributed by atoms with Crippen molar-refractivity contribution in [1.82, 2.24) is 20.7 Å². The molecule has 7 heteroatoms. The minimum atomic E-state index is -1.18. The lowest BCUT2D eigenvalue weighted by Crippen LogP contribution is -2.48. The maximum Gasteiger partial charge on any atom is 0.344 e. The second-order valence-corrected chi connectivity index (χ2v) is 5.37. The van der Waals surface area contributed by atoms with Gasteiger partial charge in [0.05, 0.1) is 0 Å². The molecule has 2 heterocycles. The van der Waals surface area contributed by atoms with Crippen LogP contribution in [0.4, 0.5) is 4.79 Å². The number of hydrazine groups is 1. The number of benzene rings is 1. The number of nitrogens with zero attached hydrogens (tertiary/aromatic N) is 2. The molecular weight excluding hydrogens is 308 g/mol. The van der Waals surface area contributed by atoms with Gasteiger partial charge >= 0.3 is 6.03 Å². The molecule has 4 amide bonds. The summed E-state index contributed by atoms with van der Waals surface area (Å²) in [5, 5.41) is 3.44. The van der Waals surface area contributed by atoms with Crippen molar-refractivity contribution in [3.05, 3.63) is 66.0 Å². The summed E-state index contributed by atoms with van der Waals surface area (Å²) >= 11 is 0. The summed E-state index contributed by atoms with van der Waals surface area (Å²) in [4.78, 5) is 41.2. The highest BCUT2D eigenvalue weighted by atomic mass is 16.2. The van der Waals surface area contributed by atoms with E-state index in [0.29, 0.717) is 17.5 Å². The van der Waals surface area contributed by atoms with Gasteiger partial charge in [-0.25, -0.2) is 4.79 Å². The maximum atomic E-state index is 12.9. The number of rotatable bonds is 4. The predicted octanol–water partition coefficient (Wildman–Crippen LogP) is 1.58. The van der Waals surface area contributed by atoms with Crippen LogP contribution in [0, 0.1) is 0 Å². The molecule has 1 aliphatic heterocycles. The van der Waals surface area contributed by atoms with Crippen molar-refractivity contribution >= 4 is 17.8 Å². The van der Waals surface area contributed by atoms with Crippen molar-refractivity contribution < 1.29 is 14.4 Å². The topological polar surface area (TPSA) is 91.4 Å². The Morgan fingerprint density at radius 3 is 2.46 bits per heavy atom. The first-order chi connectivity index (χ1) is 11.6. The van der Waals surface area contributed by atoms with Crippen molar-refractivity contribution in [1.29, 1.82) is 0 Å². The number of aromatic nitrogens is 1. The van der Waals surface area contributed by atoms with Crippen LogP contribution >= 0.6 is 0 Å². The highest BCUT2D eigenvalue weighted by Gasteiger charge is 2.52. The van der Waals surface area contributed by atoms with Gasteiger partial charge in [-0.2, -0.15) is 5.01 Å². The highest BCUT2D eigenvalue weighted by molar-refractivity contribution is 6.09. The number of carbonyl (C=O) groups is 3. The third kappa shape index (κ3) is 2.50. The zero-order valence-corrected chi connectivity index (χ0v) is 13.0. The molecule has 1 saturated heterocycles. The van der Waals surface area contributed by atoms with E-state index in [1.165, 1.54) is 24.5 Å². The molecule has 3 rings (SSSR count). The molecule has 2 N–H and O–H groups in total. The average Bonchev–Trinajstić information content (AvgIpc) is 2.88. The van der Waals surface area contributed by atoms with Gasteiger partial charge in [0.2, 0.25) is 0 Å². The van der Waals surface area contributed by atoms with Gasteiger partial charge in [-0.1, -0.05) is 37.3 Å². The fraction of sp³-hybridized carbons (Fsp3) is 0.176. The second kappa shape index (κ2) is 6.11. The van der Waals surface area contributed by atoms with Gasteiger partial charge in [-0.05, 0) is 24.1 Å². The van der Waals surface area contributed by atoms with Crippen molar-refractivity contribution in [2.24, 2.45) is 0 Å². The summed E-state index contributed by atoms with van der Waals surface area (Å²) in [5.74, 6) is -1.07. The lowest BCUT2D eigenvalue weighted by atomic mass is 9.87. The van der Waals surface area contributed by atoms with E-state index in [9.17, 15) is 14.4 Å². The van der Waals surface area contributed by atoms with Crippen LogP contribution in [0.1, 0.15) is 29.3 Å². The normalized spacial score (nSPS) is 20.0. The molecule has 1 aromatic heterocycles. The molecule has 0 saturated carbocycles. The molecule has 0 aliphatic carbocycles. The Labute approximate surface area is 138 Å². The molecule has 2 aromatic rings. The number of carbonyl (C=O) groups excluding carboxylic acids is 3. The first-order valence-electron chi connectivity index (χ1n) is 7.51. The number of hydrogen-bond donors (Lipinski definition) is 2. The summed E-state index contributed by atoms with van der Waals surface area (Å²) in [6, 6.07) is 11.3. The van der Waals surface area contributed by atoms with Crippen LogP contribution in [0.3, 0.4) is 0 Å². The van der Waals surface area contributed by atoms with Crippen LogP contribution in [-0.2, 0) is 10.3 Å². The number of nitrogens with one attached hydrogen (secondary N) is 2. The molecule has 1 unspecified atom stereocenters. The van der Waals surface area contributed by atoms with E-state index < -0.39 is 23.4 Å². The molecule has 1 aliphatic rings. The Kier molecular flexibility index (Phi) is 3.99. The molecule has 0 bridgehead atoms. The minimum Gasteiger partial charge on any atom is -0.318 e. The summed E-state index contributed by atoms with van der Waals surface area (Å²) in [6.07, 6.45) is 3.28. The first kappa shape index (κ1) is 15.7. The maximum absolute atomic E-state index is 12.9. The molecule has 7 nitrogen and oxygen atoms in total. The van der Waals surface area contributed by atoms with Gasteiger partial charge < -0.3 is 5.32 Å². The molecule has 122 valence electrons. The Balaban J connectivity index is 1.88. The van der Waals surface area contributed by atoms with E-state index in [4.69, 9.17) is 0 Å². The fourth-order valence-corrected chi connectivity index (χ4v) is 2.71. The SMILES string of the molecule is CCC1(c2ccccc2)NC(=O)N(NC(=O)c2ccncc2)C1=O. The first-order valence-corrected chi connectivity index (χ1v) is 7.51. The van der Waals surface area contributed by atoms with Crippen LogP contribution in [0.2, 0.25) is 0 Å². The molecule has 1 atom stereocenters. The molecule has 24 heavy (non-hydrogen) atoms. The van der Waals surface area contributed by atoms with E-state index in [0.717, 1.165) is 5.01 Å². The summed E-state index contributed by atoms with van der Waals surface area (Å²) < 4.78 is 0. The van der Waals surface area contributed by atoms with Crippen LogP contribution in [0.25, 0.3) is 0 Å². The van der Waals surface area contributed by atoms with Crippen LogP contribution in [0.15, 0.2) is 54.9 Å². The van der Waals surface area contributed by atoms with E-state index in [1.807, 2.05) is 6.07 Å². The molecular formula is C17H16N4O3. The molecule has 1 aromatic carbocycles. The van der Waals surface area contributed by atoms with Crippen LogP contribution in [-0.4, -0.2) is 27.8 Å². The zero-order valence-electron chi connectivity index (χ0n) is 13.0. The zero-order chi connectivity index (χ0) is 17.2. The number of pyridine rings is 1. The third-order valence-electron chi connectivity index (χ3n) is 4.04. The van der Waals surface area contributed by atoms with Gasteiger partial charge in [0, 0.05) is 18.0 Å². The van der Waals surface area contributed by atoms with Crippen LogP contribution in [0.5, 0.6) is 0 Å². The lowest BCUT2D eigenvalue weighted by Gasteiger charge is -2.25. The Hall–Kier alpha value is -3.22. The van der Waals surface area contributed by atoms with E-state index in [-0.39, 0.29) is 0 Å². The fourth-order valence-electron chi connectivity index (χ4n) is 2.71. The Bertz CT molecular complexity index is 779. The Morgan fingerprint density at radius 1 is 1.17 bits per heavy atom. The van der Waals surface area contributed by atoms with Crippen molar-refractivity contribution in [3.8, 4) is 0 Å². The quantitative estimate of drug-likeness (QED) is 0.835. The molecule has 0 spiro atoms. The van der Waals surface area contributed by atoms with Gasteiger partial charge in [0.25, 0.3) is 11.8 Å². The van der Waals surface area contributed by atoms with E-state index in [1.54, 1.807) is 31.2 Å². The average molecular weight is 324 g/mol. The number of hydrogen-bond acceptors (Lipinski definition) is 4.